The number of benzene rings is 1. The molecule has 4 nitrogen and oxygen atoms in total. The predicted molar refractivity (Wildman–Crippen MR) is 71.4 cm³/mol. The highest BCUT2D eigenvalue weighted by Crippen LogP contribution is 2.34. The number of fused-ring (bicyclic) bond motifs is 1. The maximum atomic E-state index is 14.0. The first-order valence-electron chi connectivity index (χ1n) is 6.52. The highest BCUT2D eigenvalue weighted by molar-refractivity contribution is 5.89. The van der Waals surface area contributed by atoms with Gasteiger partial charge in [-0.15, -0.1) is 0 Å². The van der Waals surface area contributed by atoms with E-state index in [1.807, 2.05) is 0 Å². The molecule has 0 saturated heterocycles. The summed E-state index contributed by atoms with van der Waals surface area (Å²) in [6.07, 6.45) is 5.31. The normalized spacial score (nSPS) is 17.8. The van der Waals surface area contributed by atoms with Crippen LogP contribution in [0.4, 0.5) is 10.2 Å². The minimum atomic E-state index is -0.371. The molecule has 0 amide bonds. The lowest BCUT2D eigenvalue weighted by atomic mass is 9.98. The zero-order valence-electron chi connectivity index (χ0n) is 10.6. The van der Waals surface area contributed by atoms with Gasteiger partial charge in [0.05, 0.1) is 23.0 Å². The molecule has 0 radical (unpaired) electrons. The molecule has 1 aromatic heterocycles. The van der Waals surface area contributed by atoms with E-state index in [2.05, 4.69) is 15.3 Å². The Kier molecular flexibility index (Phi) is 3.06. The third kappa shape index (κ3) is 2.14. The van der Waals surface area contributed by atoms with E-state index in [-0.39, 0.29) is 18.0 Å². The quantitative estimate of drug-likeness (QED) is 0.891. The van der Waals surface area contributed by atoms with Gasteiger partial charge in [-0.1, -0.05) is 18.9 Å². The highest BCUT2D eigenvalue weighted by Gasteiger charge is 2.34. The van der Waals surface area contributed by atoms with Crippen LogP contribution in [-0.4, -0.2) is 27.2 Å². The number of aliphatic hydroxyl groups excluding tert-OH is 1. The van der Waals surface area contributed by atoms with Gasteiger partial charge in [-0.25, -0.2) is 14.4 Å². The molecule has 2 N–H and O–H groups in total. The standard InChI is InChI=1S/C14H16FN3O/c15-10-4-3-5-11-12(10)13(17-9-16-11)18-14(8-19)6-1-2-7-14/h3-5,9,19H,1-2,6-8H2,(H,16,17,18). The topological polar surface area (TPSA) is 58.0 Å². The number of aromatic nitrogens is 2. The van der Waals surface area contributed by atoms with E-state index in [1.54, 1.807) is 12.1 Å². The van der Waals surface area contributed by atoms with Gasteiger partial charge in [-0.3, -0.25) is 0 Å². The van der Waals surface area contributed by atoms with E-state index in [4.69, 9.17) is 0 Å². The SMILES string of the molecule is OCC1(Nc2ncnc3cccc(F)c23)CCCC1. The van der Waals surface area contributed by atoms with Crippen molar-refractivity contribution in [3.8, 4) is 0 Å². The third-order valence-corrected chi connectivity index (χ3v) is 3.86. The molecule has 1 aromatic carbocycles. The number of halogens is 1. The second-order valence-electron chi connectivity index (χ2n) is 5.13. The fourth-order valence-corrected chi connectivity index (χ4v) is 2.79. The minimum absolute atomic E-state index is 0.0347. The molecule has 0 spiro atoms. The van der Waals surface area contributed by atoms with Crippen molar-refractivity contribution in [1.29, 1.82) is 0 Å². The Morgan fingerprint density at radius 3 is 2.79 bits per heavy atom. The summed E-state index contributed by atoms with van der Waals surface area (Å²) in [5.74, 6) is 0.130. The van der Waals surface area contributed by atoms with Crippen LogP contribution in [0.25, 0.3) is 10.9 Å². The Bertz CT molecular complexity index is 591. The van der Waals surface area contributed by atoms with Crippen LogP contribution in [0, 0.1) is 5.82 Å². The molecule has 2 aromatic rings. The van der Waals surface area contributed by atoms with E-state index in [9.17, 15) is 9.50 Å². The number of hydrogen-bond donors (Lipinski definition) is 2. The average Bonchev–Trinajstić information content (AvgIpc) is 2.88. The van der Waals surface area contributed by atoms with Gasteiger partial charge < -0.3 is 10.4 Å². The smallest absolute Gasteiger partial charge is 0.140 e. The van der Waals surface area contributed by atoms with Gasteiger partial charge in [-0.2, -0.15) is 0 Å². The Morgan fingerprint density at radius 2 is 2.05 bits per heavy atom. The molecule has 19 heavy (non-hydrogen) atoms. The van der Waals surface area contributed by atoms with Crippen molar-refractivity contribution < 1.29 is 9.50 Å². The van der Waals surface area contributed by atoms with Gasteiger partial charge in [0.1, 0.15) is 18.0 Å². The van der Waals surface area contributed by atoms with Crippen molar-refractivity contribution in [2.24, 2.45) is 0 Å². The molecule has 3 rings (SSSR count). The second kappa shape index (κ2) is 4.74. The van der Waals surface area contributed by atoms with E-state index in [1.165, 1.54) is 12.4 Å². The lowest BCUT2D eigenvalue weighted by Crippen LogP contribution is -2.39. The maximum Gasteiger partial charge on any atom is 0.140 e. The van der Waals surface area contributed by atoms with Crippen LogP contribution < -0.4 is 5.32 Å². The molecule has 0 atom stereocenters. The number of hydrogen-bond acceptors (Lipinski definition) is 4. The molecule has 0 unspecified atom stereocenters. The number of nitrogens with one attached hydrogen (secondary N) is 1. The average molecular weight is 261 g/mol. The molecule has 1 aliphatic rings. The van der Waals surface area contributed by atoms with Crippen molar-refractivity contribution >= 4 is 16.7 Å². The molecule has 0 aliphatic heterocycles. The van der Waals surface area contributed by atoms with E-state index < -0.39 is 0 Å². The van der Waals surface area contributed by atoms with Gasteiger partial charge in [-0.05, 0) is 25.0 Å². The van der Waals surface area contributed by atoms with Crippen LogP contribution in [0.1, 0.15) is 25.7 Å². The molecule has 1 fully saturated rings. The second-order valence-corrected chi connectivity index (χ2v) is 5.13. The van der Waals surface area contributed by atoms with Crippen LogP contribution in [0.2, 0.25) is 0 Å². The fourth-order valence-electron chi connectivity index (χ4n) is 2.79. The molecular weight excluding hydrogens is 245 g/mol. The summed E-state index contributed by atoms with van der Waals surface area (Å²) in [6.45, 7) is 0.0347. The predicted octanol–water partition coefficient (Wildman–Crippen LogP) is 2.49. The van der Waals surface area contributed by atoms with Crippen LogP contribution in [-0.2, 0) is 0 Å². The largest absolute Gasteiger partial charge is 0.394 e. The van der Waals surface area contributed by atoms with E-state index in [0.29, 0.717) is 16.7 Å². The van der Waals surface area contributed by atoms with Gasteiger partial charge in [0.25, 0.3) is 0 Å². The lowest BCUT2D eigenvalue weighted by molar-refractivity contribution is 0.214. The van der Waals surface area contributed by atoms with Crippen molar-refractivity contribution in [3.63, 3.8) is 0 Å². The van der Waals surface area contributed by atoms with Crippen LogP contribution in [0.3, 0.4) is 0 Å². The fraction of sp³-hybridized carbons (Fsp3) is 0.429. The van der Waals surface area contributed by atoms with Gasteiger partial charge >= 0.3 is 0 Å². The molecular formula is C14H16FN3O. The zero-order valence-corrected chi connectivity index (χ0v) is 10.6. The van der Waals surface area contributed by atoms with Gasteiger partial charge in [0, 0.05) is 0 Å². The number of nitrogens with zero attached hydrogens (tertiary/aromatic N) is 2. The lowest BCUT2D eigenvalue weighted by Gasteiger charge is -2.29. The highest BCUT2D eigenvalue weighted by atomic mass is 19.1. The first-order chi connectivity index (χ1) is 9.24. The summed E-state index contributed by atoms with van der Waals surface area (Å²) >= 11 is 0. The van der Waals surface area contributed by atoms with Crippen molar-refractivity contribution in [2.45, 2.75) is 31.2 Å². The summed E-state index contributed by atoms with van der Waals surface area (Å²) in [6, 6.07) is 4.79. The molecule has 5 heteroatoms. The molecule has 100 valence electrons. The molecule has 0 bridgehead atoms. The number of anilines is 1. The van der Waals surface area contributed by atoms with Crippen LogP contribution >= 0.6 is 0 Å². The molecule has 1 aliphatic carbocycles. The first kappa shape index (κ1) is 12.3. The Morgan fingerprint density at radius 1 is 1.26 bits per heavy atom. The Balaban J connectivity index is 2.05. The zero-order chi connectivity index (χ0) is 13.3. The third-order valence-electron chi connectivity index (χ3n) is 3.86. The summed E-state index contributed by atoms with van der Waals surface area (Å²) in [5, 5.41) is 13.3. The van der Waals surface area contributed by atoms with Crippen molar-refractivity contribution in [1.82, 2.24) is 9.97 Å². The van der Waals surface area contributed by atoms with Crippen LogP contribution in [0.5, 0.6) is 0 Å². The molecule has 1 heterocycles. The Hall–Kier alpha value is -1.75. The number of rotatable bonds is 3. The van der Waals surface area contributed by atoms with Crippen molar-refractivity contribution in [2.75, 3.05) is 11.9 Å². The van der Waals surface area contributed by atoms with Crippen LogP contribution in [0.15, 0.2) is 24.5 Å². The number of aliphatic hydroxyl groups is 1. The van der Waals surface area contributed by atoms with Gasteiger partial charge in [0.2, 0.25) is 0 Å². The first-order valence-corrected chi connectivity index (χ1v) is 6.52. The Labute approximate surface area is 110 Å². The van der Waals surface area contributed by atoms with E-state index in [0.717, 1.165) is 25.7 Å². The van der Waals surface area contributed by atoms with Gasteiger partial charge in [0.15, 0.2) is 0 Å². The summed E-state index contributed by atoms with van der Waals surface area (Å²) < 4.78 is 14.0. The maximum absolute atomic E-state index is 14.0. The summed E-state index contributed by atoms with van der Waals surface area (Å²) in [5.41, 5.74) is 0.201. The monoisotopic (exact) mass is 261 g/mol. The summed E-state index contributed by atoms with van der Waals surface area (Å²) in [4.78, 5) is 8.22. The molecule has 1 saturated carbocycles. The minimum Gasteiger partial charge on any atom is -0.394 e. The summed E-state index contributed by atoms with van der Waals surface area (Å²) in [7, 11) is 0. The van der Waals surface area contributed by atoms with Crippen molar-refractivity contribution in [3.05, 3.63) is 30.3 Å². The van der Waals surface area contributed by atoms with E-state index >= 15 is 0 Å².